The van der Waals surface area contributed by atoms with Gasteiger partial charge in [0.1, 0.15) is 12.3 Å². The molecule has 0 amide bonds. The van der Waals surface area contributed by atoms with E-state index < -0.39 is 0 Å². The number of ether oxygens (including phenoxy) is 1. The highest BCUT2D eigenvalue weighted by Crippen LogP contribution is 2.25. The van der Waals surface area contributed by atoms with Crippen LogP contribution in [0, 0.1) is 0 Å². The van der Waals surface area contributed by atoms with Gasteiger partial charge in [0.15, 0.2) is 0 Å². The molecule has 1 heterocycles. The Morgan fingerprint density at radius 3 is 1.88 bits per heavy atom. The van der Waals surface area contributed by atoms with E-state index in [4.69, 9.17) is 16.2 Å². The van der Waals surface area contributed by atoms with Gasteiger partial charge in [0.25, 0.3) is 0 Å². The van der Waals surface area contributed by atoms with E-state index in [1.165, 1.54) is 0 Å². The predicted molar refractivity (Wildman–Crippen MR) is 31.1 cm³/mol. The molecule has 1 aliphatic heterocycles. The molecular formula is C5H12N2O. The normalized spacial score (nSPS) is 37.5. The first-order valence-electron chi connectivity index (χ1n) is 2.72. The van der Waals surface area contributed by atoms with Gasteiger partial charge >= 0.3 is 0 Å². The summed E-state index contributed by atoms with van der Waals surface area (Å²) in [6.07, 6.45) is -0.0440. The fourth-order valence-corrected chi connectivity index (χ4v) is 0.723. The van der Waals surface area contributed by atoms with Gasteiger partial charge in [-0.3, -0.25) is 0 Å². The first-order chi connectivity index (χ1) is 3.52. The van der Waals surface area contributed by atoms with Crippen LogP contribution in [0.4, 0.5) is 0 Å². The van der Waals surface area contributed by atoms with Gasteiger partial charge in [0.05, 0.1) is 0 Å². The maximum absolute atomic E-state index is 5.63. The third-order valence-corrected chi connectivity index (χ3v) is 1.26. The molecule has 2 unspecified atom stereocenters. The lowest BCUT2D eigenvalue weighted by Gasteiger charge is -2.13. The van der Waals surface area contributed by atoms with Crippen LogP contribution in [-0.4, -0.2) is 17.9 Å². The lowest BCUT2D eigenvalue weighted by molar-refractivity contribution is 0.309. The Kier molecular flexibility index (Phi) is 1.08. The van der Waals surface area contributed by atoms with E-state index in [2.05, 4.69) is 0 Å². The second-order valence-electron chi connectivity index (χ2n) is 2.84. The third kappa shape index (κ3) is 0.992. The van der Waals surface area contributed by atoms with Crippen molar-refractivity contribution < 1.29 is 4.74 Å². The molecule has 4 N–H and O–H groups in total. The van der Waals surface area contributed by atoms with Crippen LogP contribution in [0.2, 0.25) is 0 Å². The summed E-state index contributed by atoms with van der Waals surface area (Å²) in [5, 5.41) is 0. The minimum Gasteiger partial charge on any atom is -0.351 e. The highest BCUT2D eigenvalue weighted by Gasteiger charge is 2.45. The molecule has 48 valence electrons. The van der Waals surface area contributed by atoms with Crippen molar-refractivity contribution in [2.24, 2.45) is 11.5 Å². The van der Waals surface area contributed by atoms with Crippen LogP contribution < -0.4 is 11.5 Å². The lowest BCUT2D eigenvalue weighted by atomic mass is 10.0. The second-order valence-corrected chi connectivity index (χ2v) is 2.84. The maximum Gasteiger partial charge on any atom is 0.134 e. The molecule has 0 saturated carbocycles. The van der Waals surface area contributed by atoms with Crippen LogP contribution in [0.15, 0.2) is 0 Å². The van der Waals surface area contributed by atoms with Gasteiger partial charge in [-0.15, -0.1) is 0 Å². The van der Waals surface area contributed by atoms with Crippen molar-refractivity contribution in [1.82, 2.24) is 0 Å². The van der Waals surface area contributed by atoms with Crippen molar-refractivity contribution in [2.45, 2.75) is 31.7 Å². The fraction of sp³-hybridized carbons (Fsp3) is 1.00. The molecular weight excluding hydrogens is 104 g/mol. The number of hydrogen-bond acceptors (Lipinski definition) is 3. The Hall–Kier alpha value is -0.120. The van der Waals surface area contributed by atoms with E-state index in [-0.39, 0.29) is 17.9 Å². The van der Waals surface area contributed by atoms with Gasteiger partial charge in [0.2, 0.25) is 0 Å². The molecule has 0 bridgehead atoms. The van der Waals surface area contributed by atoms with Crippen LogP contribution in [0.5, 0.6) is 0 Å². The summed E-state index contributed by atoms with van der Waals surface area (Å²) in [7, 11) is 0. The van der Waals surface area contributed by atoms with Crippen molar-refractivity contribution in [1.29, 1.82) is 0 Å². The molecule has 1 saturated heterocycles. The molecule has 0 radical (unpaired) electrons. The third-order valence-electron chi connectivity index (χ3n) is 1.26. The summed E-state index contributed by atoms with van der Waals surface area (Å²) in [4.78, 5) is 0. The molecule has 0 aromatic rings. The second kappa shape index (κ2) is 1.43. The predicted octanol–water partition coefficient (Wildman–Crippen LogP) is -0.593. The van der Waals surface area contributed by atoms with Gasteiger partial charge in [-0.2, -0.15) is 0 Å². The molecule has 0 spiro atoms. The van der Waals surface area contributed by atoms with Gasteiger partial charge in [0, 0.05) is 5.54 Å². The summed E-state index contributed by atoms with van der Waals surface area (Å²) < 4.78 is 4.93. The van der Waals surface area contributed by atoms with Crippen LogP contribution in [0.1, 0.15) is 13.8 Å². The molecule has 1 aliphatic rings. The average molecular weight is 116 g/mol. The van der Waals surface area contributed by atoms with E-state index in [1.807, 2.05) is 13.8 Å². The van der Waals surface area contributed by atoms with Crippen molar-refractivity contribution in [2.75, 3.05) is 0 Å². The van der Waals surface area contributed by atoms with Gasteiger partial charge in [-0.1, -0.05) is 0 Å². The molecule has 0 aliphatic carbocycles. The van der Waals surface area contributed by atoms with Crippen LogP contribution in [0.3, 0.4) is 0 Å². The first kappa shape index (κ1) is 6.01. The van der Waals surface area contributed by atoms with Crippen LogP contribution >= 0.6 is 0 Å². The average Bonchev–Trinajstić information content (AvgIpc) is 2.13. The van der Waals surface area contributed by atoms with Gasteiger partial charge in [-0.25, -0.2) is 0 Å². The van der Waals surface area contributed by atoms with Gasteiger partial charge < -0.3 is 16.2 Å². The molecule has 0 aromatic heterocycles. The zero-order chi connectivity index (χ0) is 6.36. The highest BCUT2D eigenvalue weighted by molar-refractivity contribution is 4.96. The Balaban J connectivity index is 2.39. The molecule has 3 nitrogen and oxygen atoms in total. The fourth-order valence-electron chi connectivity index (χ4n) is 0.723. The Labute approximate surface area is 49.0 Å². The quantitative estimate of drug-likeness (QED) is 0.450. The molecule has 2 atom stereocenters. The Bertz CT molecular complexity index is 97.1. The number of hydrogen-bond donors (Lipinski definition) is 2. The smallest absolute Gasteiger partial charge is 0.134 e. The minimum atomic E-state index is -0.264. The standard InChI is InChI=1S/C5H12N2O/c1-5(2,7)3-4(6)8-3/h3-4H,6-7H2,1-2H3. The number of nitrogens with two attached hydrogens (primary N) is 2. The zero-order valence-electron chi connectivity index (χ0n) is 5.22. The molecule has 3 heteroatoms. The summed E-state index contributed by atoms with van der Waals surface area (Å²) in [5.41, 5.74) is 10.7. The van der Waals surface area contributed by atoms with Crippen LogP contribution in [0.25, 0.3) is 0 Å². The minimum absolute atomic E-state index is 0.0718. The van der Waals surface area contributed by atoms with E-state index in [9.17, 15) is 0 Å². The number of epoxide rings is 1. The Morgan fingerprint density at radius 1 is 1.50 bits per heavy atom. The summed E-state index contributed by atoms with van der Waals surface area (Å²) in [5.74, 6) is 0. The summed E-state index contributed by atoms with van der Waals surface area (Å²) in [6.45, 7) is 3.81. The van der Waals surface area contributed by atoms with Crippen LogP contribution in [-0.2, 0) is 4.74 Å². The SMILES string of the molecule is CC(C)(N)C1OC1N. The molecule has 1 fully saturated rings. The highest BCUT2D eigenvalue weighted by atomic mass is 16.6. The number of rotatable bonds is 1. The topological polar surface area (TPSA) is 64.6 Å². The van der Waals surface area contributed by atoms with Crippen molar-refractivity contribution >= 4 is 0 Å². The van der Waals surface area contributed by atoms with E-state index in [1.54, 1.807) is 0 Å². The molecule has 1 rings (SSSR count). The van der Waals surface area contributed by atoms with Crippen molar-refractivity contribution in [3.63, 3.8) is 0 Å². The first-order valence-corrected chi connectivity index (χ1v) is 2.72. The summed E-state index contributed by atoms with van der Waals surface area (Å²) >= 11 is 0. The molecule has 0 aromatic carbocycles. The summed E-state index contributed by atoms with van der Waals surface area (Å²) in [6, 6.07) is 0. The van der Waals surface area contributed by atoms with Crippen molar-refractivity contribution in [3.05, 3.63) is 0 Å². The van der Waals surface area contributed by atoms with E-state index >= 15 is 0 Å². The van der Waals surface area contributed by atoms with Crippen molar-refractivity contribution in [3.8, 4) is 0 Å². The Morgan fingerprint density at radius 2 is 1.88 bits per heavy atom. The van der Waals surface area contributed by atoms with Gasteiger partial charge in [-0.05, 0) is 13.8 Å². The van der Waals surface area contributed by atoms with E-state index in [0.717, 1.165) is 0 Å². The van der Waals surface area contributed by atoms with E-state index in [0.29, 0.717) is 0 Å². The monoisotopic (exact) mass is 116 g/mol. The zero-order valence-corrected chi connectivity index (χ0v) is 5.22. The lowest BCUT2D eigenvalue weighted by Crippen LogP contribution is -2.40. The maximum atomic E-state index is 5.63. The largest absolute Gasteiger partial charge is 0.351 e. The molecule has 8 heavy (non-hydrogen) atoms.